The number of hydrogen-bond donors (Lipinski definition) is 1. The van der Waals surface area contributed by atoms with Crippen LogP contribution in [0.3, 0.4) is 0 Å². The Labute approximate surface area is 175 Å². The van der Waals surface area contributed by atoms with E-state index in [9.17, 15) is 10.1 Å². The van der Waals surface area contributed by atoms with Gasteiger partial charge in [0.25, 0.3) is 5.69 Å². The lowest BCUT2D eigenvalue weighted by Crippen LogP contribution is -2.30. The molecule has 152 valence electrons. The van der Waals surface area contributed by atoms with Gasteiger partial charge in [-0.25, -0.2) is 0 Å². The molecule has 7 heteroatoms. The lowest BCUT2D eigenvalue weighted by atomic mass is 9.99. The second-order valence-electron chi connectivity index (χ2n) is 7.72. The highest BCUT2D eigenvalue weighted by Gasteiger charge is 2.24. The van der Waals surface area contributed by atoms with Gasteiger partial charge in [0.05, 0.1) is 15.6 Å². The Morgan fingerprint density at radius 1 is 1.10 bits per heavy atom. The van der Waals surface area contributed by atoms with E-state index in [-0.39, 0.29) is 10.6 Å². The van der Waals surface area contributed by atoms with Gasteiger partial charge in [-0.1, -0.05) is 18.2 Å². The number of nitrogens with zero attached hydrogens (tertiary/aromatic N) is 3. The number of aryl methyl sites for hydroxylation is 1. The van der Waals surface area contributed by atoms with Gasteiger partial charge < -0.3 is 15.1 Å². The fraction of sp³-hybridized carbons (Fsp3) is 0.364. The molecule has 0 aromatic heterocycles. The van der Waals surface area contributed by atoms with Crippen molar-refractivity contribution < 1.29 is 4.92 Å². The van der Waals surface area contributed by atoms with Crippen molar-refractivity contribution in [2.75, 3.05) is 35.3 Å². The molecule has 0 amide bonds. The molecule has 6 nitrogen and oxygen atoms in total. The Bertz CT molecular complexity index is 970. The summed E-state index contributed by atoms with van der Waals surface area (Å²) < 4.78 is 0. The van der Waals surface area contributed by atoms with E-state index < -0.39 is 0 Å². The second kappa shape index (κ2) is 7.95. The van der Waals surface area contributed by atoms with Crippen LogP contribution in [0.1, 0.15) is 31.2 Å². The number of halogens is 1. The van der Waals surface area contributed by atoms with Gasteiger partial charge in [-0.3, -0.25) is 10.1 Å². The normalized spacial score (nSPS) is 16.6. The van der Waals surface area contributed by atoms with Crippen molar-refractivity contribution in [1.82, 2.24) is 0 Å². The van der Waals surface area contributed by atoms with Crippen molar-refractivity contribution in [2.24, 2.45) is 0 Å². The molecular formula is C22H25ClN4O2. The number of benzene rings is 2. The third-order valence-corrected chi connectivity index (χ3v) is 6.15. The van der Waals surface area contributed by atoms with E-state index in [0.29, 0.717) is 16.4 Å². The third-order valence-electron chi connectivity index (χ3n) is 5.83. The highest BCUT2D eigenvalue weighted by Crippen LogP contribution is 2.40. The fourth-order valence-electron chi connectivity index (χ4n) is 4.14. The van der Waals surface area contributed by atoms with Crippen LogP contribution in [0.15, 0.2) is 42.6 Å². The van der Waals surface area contributed by atoms with E-state index >= 15 is 0 Å². The number of allylic oxidation sites excluding steroid dienone is 1. The van der Waals surface area contributed by atoms with Crippen LogP contribution in [0.2, 0.25) is 5.02 Å². The van der Waals surface area contributed by atoms with Gasteiger partial charge in [-0.15, -0.1) is 0 Å². The Morgan fingerprint density at radius 2 is 1.86 bits per heavy atom. The molecule has 1 saturated heterocycles. The SMILES string of the molecule is C=C1CCc2cc(Nc3cc(N4CCCCC4)c([N+](=O)[O-])cc3Cl)ccc2N1C. The van der Waals surface area contributed by atoms with Crippen molar-refractivity contribution in [3.63, 3.8) is 0 Å². The van der Waals surface area contributed by atoms with Gasteiger partial charge in [-0.2, -0.15) is 0 Å². The third kappa shape index (κ3) is 3.90. The summed E-state index contributed by atoms with van der Waals surface area (Å²) in [6.07, 6.45) is 5.14. The molecule has 0 aliphatic carbocycles. The van der Waals surface area contributed by atoms with Crippen molar-refractivity contribution >= 4 is 40.0 Å². The molecule has 0 unspecified atom stereocenters. The van der Waals surface area contributed by atoms with E-state index in [4.69, 9.17) is 11.6 Å². The standard InChI is InChI=1S/C22H25ClN4O2/c1-15-6-7-16-12-17(8-9-20(16)25(15)2)24-19-14-21(26-10-4-3-5-11-26)22(27(28)29)13-18(19)23/h8-9,12-14,24H,1,3-7,10-11H2,2H3. The van der Waals surface area contributed by atoms with Gasteiger partial charge in [0.1, 0.15) is 5.69 Å². The van der Waals surface area contributed by atoms with E-state index in [2.05, 4.69) is 33.8 Å². The Morgan fingerprint density at radius 3 is 2.59 bits per heavy atom. The van der Waals surface area contributed by atoms with Crippen LogP contribution >= 0.6 is 11.6 Å². The van der Waals surface area contributed by atoms with Gasteiger partial charge in [0, 0.05) is 43.3 Å². The average Bonchev–Trinajstić information content (AvgIpc) is 2.72. The van der Waals surface area contributed by atoms with Crippen LogP contribution in [0, 0.1) is 10.1 Å². The number of piperidine rings is 1. The minimum atomic E-state index is -0.346. The Kier molecular flexibility index (Phi) is 5.37. The lowest BCUT2D eigenvalue weighted by molar-refractivity contribution is -0.384. The molecule has 0 bridgehead atoms. The molecule has 0 atom stereocenters. The smallest absolute Gasteiger partial charge is 0.294 e. The molecule has 2 heterocycles. The first-order valence-electron chi connectivity index (χ1n) is 9.98. The zero-order valence-corrected chi connectivity index (χ0v) is 17.3. The first-order chi connectivity index (χ1) is 13.9. The topological polar surface area (TPSA) is 61.6 Å². The zero-order chi connectivity index (χ0) is 20.5. The summed E-state index contributed by atoms with van der Waals surface area (Å²) in [5, 5.41) is 15.3. The van der Waals surface area contributed by atoms with Crippen molar-refractivity contribution in [2.45, 2.75) is 32.1 Å². The molecule has 4 rings (SSSR count). The summed E-state index contributed by atoms with van der Waals surface area (Å²) in [6.45, 7) is 5.77. The molecule has 2 aliphatic rings. The predicted octanol–water partition coefficient (Wildman–Crippen LogP) is 5.88. The largest absolute Gasteiger partial charge is 0.366 e. The molecule has 2 aromatic rings. The maximum absolute atomic E-state index is 11.6. The molecule has 2 aromatic carbocycles. The summed E-state index contributed by atoms with van der Waals surface area (Å²) in [4.78, 5) is 15.5. The number of fused-ring (bicyclic) bond motifs is 1. The van der Waals surface area contributed by atoms with Crippen LogP contribution in [-0.4, -0.2) is 25.1 Å². The lowest BCUT2D eigenvalue weighted by Gasteiger charge is -2.30. The van der Waals surface area contributed by atoms with Crippen LogP contribution in [0.4, 0.5) is 28.4 Å². The Hall–Kier alpha value is -2.73. The monoisotopic (exact) mass is 412 g/mol. The van der Waals surface area contributed by atoms with Gasteiger partial charge in [0.15, 0.2) is 0 Å². The van der Waals surface area contributed by atoms with Crippen molar-refractivity contribution in [3.05, 3.63) is 63.3 Å². The van der Waals surface area contributed by atoms with Crippen molar-refractivity contribution in [1.29, 1.82) is 0 Å². The zero-order valence-electron chi connectivity index (χ0n) is 16.6. The predicted molar refractivity (Wildman–Crippen MR) is 120 cm³/mol. The van der Waals surface area contributed by atoms with Crippen LogP contribution < -0.4 is 15.1 Å². The minimum Gasteiger partial charge on any atom is -0.366 e. The van der Waals surface area contributed by atoms with E-state index in [1.807, 2.05) is 19.2 Å². The fourth-order valence-corrected chi connectivity index (χ4v) is 4.35. The number of nitrogens with one attached hydrogen (secondary N) is 1. The summed E-state index contributed by atoms with van der Waals surface area (Å²) in [5.74, 6) is 0. The molecular weight excluding hydrogens is 388 g/mol. The summed E-state index contributed by atoms with van der Waals surface area (Å²) in [6, 6.07) is 9.49. The quantitative estimate of drug-likeness (QED) is 0.502. The minimum absolute atomic E-state index is 0.0630. The first kappa shape index (κ1) is 19.6. The average molecular weight is 413 g/mol. The molecule has 0 saturated carbocycles. The maximum Gasteiger partial charge on any atom is 0.294 e. The van der Waals surface area contributed by atoms with E-state index in [1.165, 1.54) is 18.1 Å². The van der Waals surface area contributed by atoms with Crippen LogP contribution in [-0.2, 0) is 6.42 Å². The molecule has 2 aliphatic heterocycles. The van der Waals surface area contributed by atoms with Gasteiger partial charge in [-0.05, 0) is 61.9 Å². The molecule has 1 fully saturated rings. The molecule has 0 radical (unpaired) electrons. The summed E-state index contributed by atoms with van der Waals surface area (Å²) in [5.41, 5.74) is 5.83. The second-order valence-corrected chi connectivity index (χ2v) is 8.13. The highest BCUT2D eigenvalue weighted by atomic mass is 35.5. The van der Waals surface area contributed by atoms with Gasteiger partial charge in [0.2, 0.25) is 0 Å². The molecule has 29 heavy (non-hydrogen) atoms. The number of hydrogen-bond acceptors (Lipinski definition) is 5. The van der Waals surface area contributed by atoms with Crippen LogP contribution in [0.25, 0.3) is 0 Å². The maximum atomic E-state index is 11.6. The first-order valence-corrected chi connectivity index (χ1v) is 10.4. The van der Waals surface area contributed by atoms with Crippen molar-refractivity contribution in [3.8, 4) is 0 Å². The number of anilines is 4. The van der Waals surface area contributed by atoms with E-state index in [1.54, 1.807) is 0 Å². The number of nitro groups is 1. The molecule has 1 N–H and O–H groups in total. The number of rotatable bonds is 4. The summed E-state index contributed by atoms with van der Waals surface area (Å²) >= 11 is 6.41. The van der Waals surface area contributed by atoms with Crippen LogP contribution in [0.5, 0.6) is 0 Å². The Balaban J connectivity index is 1.66. The number of nitro benzene ring substituents is 1. The highest BCUT2D eigenvalue weighted by molar-refractivity contribution is 6.33. The summed E-state index contributed by atoms with van der Waals surface area (Å²) in [7, 11) is 2.03. The van der Waals surface area contributed by atoms with Gasteiger partial charge >= 0.3 is 0 Å². The molecule has 0 spiro atoms. The van der Waals surface area contributed by atoms with E-state index in [0.717, 1.165) is 55.8 Å².